The summed E-state index contributed by atoms with van der Waals surface area (Å²) in [5, 5.41) is 21.0. The number of phenols is 1. The highest BCUT2D eigenvalue weighted by molar-refractivity contribution is 6.09. The molecule has 0 bridgehead atoms. The van der Waals surface area contributed by atoms with Crippen LogP contribution in [0.4, 0.5) is 5.69 Å². The van der Waals surface area contributed by atoms with Gasteiger partial charge < -0.3 is 9.84 Å². The van der Waals surface area contributed by atoms with Crippen LogP contribution in [0.3, 0.4) is 0 Å². The molecule has 23 heavy (non-hydrogen) atoms. The number of carbonyl (C=O) groups is 2. The summed E-state index contributed by atoms with van der Waals surface area (Å²) in [5.41, 5.74) is 0.551. The van der Waals surface area contributed by atoms with Gasteiger partial charge in [-0.1, -0.05) is 29.8 Å². The van der Waals surface area contributed by atoms with E-state index in [1.807, 2.05) is 6.92 Å². The van der Waals surface area contributed by atoms with Gasteiger partial charge in [0.1, 0.15) is 0 Å². The molecule has 7 heteroatoms. The van der Waals surface area contributed by atoms with E-state index >= 15 is 0 Å². The number of esters is 1. The van der Waals surface area contributed by atoms with Crippen molar-refractivity contribution in [1.29, 1.82) is 0 Å². The summed E-state index contributed by atoms with van der Waals surface area (Å²) >= 11 is 0. The normalized spacial score (nSPS) is 10.2. The van der Waals surface area contributed by atoms with Gasteiger partial charge in [-0.05, 0) is 13.0 Å². The molecular weight excluding hydrogens is 302 g/mol. The summed E-state index contributed by atoms with van der Waals surface area (Å²) in [5.74, 6) is -2.54. The number of hydrogen-bond donors (Lipinski definition) is 1. The summed E-state index contributed by atoms with van der Waals surface area (Å²) in [6, 6.07) is 8.64. The van der Waals surface area contributed by atoms with E-state index < -0.39 is 33.9 Å². The Morgan fingerprint density at radius 3 is 2.26 bits per heavy atom. The lowest BCUT2D eigenvalue weighted by molar-refractivity contribution is -0.385. The van der Waals surface area contributed by atoms with Crippen LogP contribution in [0.1, 0.15) is 28.4 Å². The van der Waals surface area contributed by atoms with Gasteiger partial charge in [0.2, 0.25) is 5.75 Å². The second-order valence-electron chi connectivity index (χ2n) is 4.89. The Balaban J connectivity index is 2.52. The molecule has 2 aromatic rings. The van der Waals surface area contributed by atoms with E-state index in [1.54, 1.807) is 24.3 Å². The Morgan fingerprint density at radius 1 is 1.13 bits per heavy atom. The molecule has 0 aliphatic heterocycles. The molecule has 0 amide bonds. The third-order valence-corrected chi connectivity index (χ3v) is 3.07. The third kappa shape index (κ3) is 3.52. The van der Waals surface area contributed by atoms with Gasteiger partial charge in [0.15, 0.2) is 11.5 Å². The fourth-order valence-electron chi connectivity index (χ4n) is 1.99. The number of phenolic OH excluding ortho intramolecular Hbond substituents is 1. The average molecular weight is 315 g/mol. The number of aryl methyl sites for hydroxylation is 1. The van der Waals surface area contributed by atoms with Crippen LogP contribution >= 0.6 is 0 Å². The highest BCUT2D eigenvalue weighted by Crippen LogP contribution is 2.38. The molecule has 0 aliphatic carbocycles. The van der Waals surface area contributed by atoms with Crippen molar-refractivity contribution >= 4 is 17.4 Å². The third-order valence-electron chi connectivity index (χ3n) is 3.07. The Morgan fingerprint density at radius 2 is 1.74 bits per heavy atom. The standard InChI is InChI=1S/C16H13NO6/c1-9-3-5-11(6-4-9)15(20)12-7-13(17(21)22)16(14(19)8-12)23-10(2)18/h3-8,19H,1-2H3. The van der Waals surface area contributed by atoms with Gasteiger partial charge in [0.25, 0.3) is 0 Å². The minimum atomic E-state index is -0.829. The van der Waals surface area contributed by atoms with Crippen LogP contribution in [0, 0.1) is 17.0 Å². The lowest BCUT2D eigenvalue weighted by Crippen LogP contribution is -2.07. The van der Waals surface area contributed by atoms with Crippen LogP contribution in [0.5, 0.6) is 11.5 Å². The zero-order valence-electron chi connectivity index (χ0n) is 12.4. The largest absolute Gasteiger partial charge is 0.504 e. The molecule has 0 aromatic heterocycles. The molecule has 1 N–H and O–H groups in total. The van der Waals surface area contributed by atoms with E-state index in [-0.39, 0.29) is 5.56 Å². The number of ketones is 1. The second-order valence-corrected chi connectivity index (χ2v) is 4.89. The van der Waals surface area contributed by atoms with E-state index in [1.165, 1.54) is 0 Å². The molecular formula is C16H13NO6. The SMILES string of the molecule is CC(=O)Oc1c(O)cc(C(=O)c2ccc(C)cc2)cc1[N+](=O)[O-]. The van der Waals surface area contributed by atoms with Gasteiger partial charge in [0, 0.05) is 24.1 Å². The first kappa shape index (κ1) is 16.2. The van der Waals surface area contributed by atoms with Crippen LogP contribution in [0.15, 0.2) is 36.4 Å². The van der Waals surface area contributed by atoms with Crippen LogP contribution in [0.2, 0.25) is 0 Å². The highest BCUT2D eigenvalue weighted by Gasteiger charge is 2.25. The van der Waals surface area contributed by atoms with E-state index in [9.17, 15) is 24.8 Å². The molecule has 0 aliphatic rings. The molecule has 0 unspecified atom stereocenters. The molecule has 0 heterocycles. The van der Waals surface area contributed by atoms with E-state index in [4.69, 9.17) is 0 Å². The fourth-order valence-corrected chi connectivity index (χ4v) is 1.99. The molecule has 0 spiro atoms. The highest BCUT2D eigenvalue weighted by atomic mass is 16.6. The predicted molar refractivity (Wildman–Crippen MR) is 80.7 cm³/mol. The number of rotatable bonds is 4. The van der Waals surface area contributed by atoms with Crippen molar-refractivity contribution in [2.24, 2.45) is 0 Å². The molecule has 0 saturated heterocycles. The fraction of sp³-hybridized carbons (Fsp3) is 0.125. The van der Waals surface area contributed by atoms with Gasteiger partial charge in [-0.15, -0.1) is 0 Å². The molecule has 0 radical (unpaired) electrons. The van der Waals surface area contributed by atoms with Gasteiger partial charge in [-0.2, -0.15) is 0 Å². The Bertz CT molecular complexity index is 795. The van der Waals surface area contributed by atoms with E-state index in [0.717, 1.165) is 24.6 Å². The van der Waals surface area contributed by atoms with Crippen LogP contribution in [-0.2, 0) is 4.79 Å². The first-order valence-electron chi connectivity index (χ1n) is 6.60. The van der Waals surface area contributed by atoms with E-state index in [0.29, 0.717) is 5.56 Å². The minimum absolute atomic E-state index is 0.0750. The lowest BCUT2D eigenvalue weighted by atomic mass is 10.0. The van der Waals surface area contributed by atoms with E-state index in [2.05, 4.69) is 4.74 Å². The molecule has 2 aromatic carbocycles. The summed E-state index contributed by atoms with van der Waals surface area (Å²) in [7, 11) is 0. The van der Waals surface area contributed by atoms with Crippen molar-refractivity contribution in [1.82, 2.24) is 0 Å². The number of carbonyl (C=O) groups excluding carboxylic acids is 2. The molecule has 0 saturated carbocycles. The Hall–Kier alpha value is -3.22. The van der Waals surface area contributed by atoms with Crippen LogP contribution in [0.25, 0.3) is 0 Å². The number of benzene rings is 2. The van der Waals surface area contributed by atoms with Crippen LogP contribution < -0.4 is 4.74 Å². The van der Waals surface area contributed by atoms with Crippen LogP contribution in [-0.4, -0.2) is 21.8 Å². The topological polar surface area (TPSA) is 107 Å². The zero-order chi connectivity index (χ0) is 17.1. The predicted octanol–water partition coefficient (Wildman–Crippen LogP) is 2.77. The maximum Gasteiger partial charge on any atom is 0.316 e. The maximum absolute atomic E-state index is 12.4. The summed E-state index contributed by atoms with van der Waals surface area (Å²) < 4.78 is 4.65. The number of nitro groups is 1. The molecule has 0 atom stereocenters. The average Bonchev–Trinajstić information content (AvgIpc) is 2.48. The maximum atomic E-state index is 12.4. The van der Waals surface area contributed by atoms with Gasteiger partial charge in [0.05, 0.1) is 4.92 Å². The molecule has 0 fully saturated rings. The van der Waals surface area contributed by atoms with Gasteiger partial charge >= 0.3 is 11.7 Å². The summed E-state index contributed by atoms with van der Waals surface area (Å²) in [6.45, 7) is 2.91. The van der Waals surface area contributed by atoms with Crippen molar-refractivity contribution < 1.29 is 24.4 Å². The molecule has 2 rings (SSSR count). The lowest BCUT2D eigenvalue weighted by Gasteiger charge is -2.08. The van der Waals surface area contributed by atoms with Crippen molar-refractivity contribution in [3.8, 4) is 11.5 Å². The second kappa shape index (κ2) is 6.27. The number of ether oxygens (including phenoxy) is 1. The first-order valence-corrected chi connectivity index (χ1v) is 6.60. The van der Waals surface area contributed by atoms with Crippen molar-refractivity contribution in [2.45, 2.75) is 13.8 Å². The van der Waals surface area contributed by atoms with Crippen molar-refractivity contribution in [3.63, 3.8) is 0 Å². The zero-order valence-corrected chi connectivity index (χ0v) is 12.4. The molecule has 7 nitrogen and oxygen atoms in total. The monoisotopic (exact) mass is 315 g/mol. The Labute approximate surface area is 131 Å². The quantitative estimate of drug-likeness (QED) is 0.306. The molecule has 118 valence electrons. The summed E-state index contributed by atoms with van der Waals surface area (Å²) in [4.78, 5) is 33.6. The number of hydrogen-bond acceptors (Lipinski definition) is 6. The smallest absolute Gasteiger partial charge is 0.316 e. The first-order chi connectivity index (χ1) is 10.8. The summed E-state index contributed by atoms with van der Waals surface area (Å²) in [6.07, 6.45) is 0. The van der Waals surface area contributed by atoms with Crippen molar-refractivity contribution in [3.05, 3.63) is 63.2 Å². The Kier molecular flexibility index (Phi) is 4.40. The van der Waals surface area contributed by atoms with Gasteiger partial charge in [-0.3, -0.25) is 19.7 Å². The van der Waals surface area contributed by atoms with Gasteiger partial charge in [-0.25, -0.2) is 0 Å². The number of aromatic hydroxyl groups is 1. The minimum Gasteiger partial charge on any atom is -0.504 e. The number of nitrogens with zero attached hydrogens (tertiary/aromatic N) is 1. The number of nitro benzene ring substituents is 1. The van der Waals surface area contributed by atoms with Crippen molar-refractivity contribution in [2.75, 3.05) is 0 Å².